The van der Waals surface area contributed by atoms with Gasteiger partial charge in [0.25, 0.3) is 0 Å². The van der Waals surface area contributed by atoms with Crippen molar-refractivity contribution in [1.29, 1.82) is 0 Å². The van der Waals surface area contributed by atoms with Crippen LogP contribution in [-0.4, -0.2) is 39.6 Å². The molecule has 4 atom stereocenters. The Kier molecular flexibility index (Phi) is 5.69. The molecule has 0 saturated carbocycles. The topological polar surface area (TPSA) is 142 Å². The number of furan rings is 1. The summed E-state index contributed by atoms with van der Waals surface area (Å²) in [6, 6.07) is 8.90. The molecule has 3 aliphatic carbocycles. The molecule has 1 fully saturated rings. The van der Waals surface area contributed by atoms with E-state index in [1.54, 1.807) is 12.1 Å². The Labute approximate surface area is 224 Å². The lowest BCUT2D eigenvalue weighted by atomic mass is 9.60. The van der Waals surface area contributed by atoms with E-state index in [1.165, 1.54) is 30.3 Å². The van der Waals surface area contributed by atoms with Gasteiger partial charge in [-0.15, -0.1) is 0 Å². The molecule has 0 unspecified atom stereocenters. The molecule has 10 heteroatoms. The molecule has 9 nitrogen and oxygen atoms in total. The predicted octanol–water partition coefficient (Wildman–Crippen LogP) is 3.44. The van der Waals surface area contributed by atoms with E-state index in [9.17, 15) is 34.2 Å². The highest BCUT2D eigenvalue weighted by Crippen LogP contribution is 2.55. The maximum Gasteiger partial charge on any atom is 0.335 e. The van der Waals surface area contributed by atoms with Crippen LogP contribution in [0.5, 0.6) is 0 Å². The van der Waals surface area contributed by atoms with Gasteiger partial charge in [-0.1, -0.05) is 17.7 Å². The highest BCUT2D eigenvalue weighted by molar-refractivity contribution is 9.12. The number of carboxylic acid groups (broad SMARTS) is 1. The van der Waals surface area contributed by atoms with E-state index in [4.69, 9.17) is 4.42 Å². The van der Waals surface area contributed by atoms with Crippen molar-refractivity contribution in [3.63, 3.8) is 0 Å². The second kappa shape index (κ2) is 8.85. The van der Waals surface area contributed by atoms with Crippen LogP contribution < -0.4 is 4.90 Å². The zero-order valence-corrected chi connectivity index (χ0v) is 21.3. The molecule has 4 aliphatic rings. The van der Waals surface area contributed by atoms with Crippen molar-refractivity contribution >= 4 is 51.0 Å². The summed E-state index contributed by atoms with van der Waals surface area (Å²) in [5.41, 5.74) is 1.39. The van der Waals surface area contributed by atoms with Gasteiger partial charge in [0.1, 0.15) is 18.1 Å². The lowest BCUT2D eigenvalue weighted by molar-refractivity contribution is -0.123. The number of benzene rings is 1. The molecule has 0 radical (unpaired) electrons. The zero-order chi connectivity index (χ0) is 26.9. The van der Waals surface area contributed by atoms with Gasteiger partial charge in [-0.3, -0.25) is 24.1 Å². The standard InChI is InChI=1S/C28H20BrNO8/c29-19-10-20(32)23-18(25(19)33)9-17-15(24(23)21-7-4-14(11-31)38-21)5-6-16-22(17)27(35)30(26(16)34)13-3-1-2-12(8-13)28(36)37/h1-5,7-8,10,16-17,22,24,31H,6,9,11H2,(H,36,37)/t16-,17+,22-,24+/m0/s1. The first-order valence-electron chi connectivity index (χ1n) is 12.0. The monoisotopic (exact) mass is 577 g/mol. The molecule has 6 rings (SSSR count). The Morgan fingerprint density at radius 3 is 2.58 bits per heavy atom. The minimum atomic E-state index is -1.18. The molecule has 0 spiro atoms. The third-order valence-corrected chi connectivity index (χ3v) is 8.39. The summed E-state index contributed by atoms with van der Waals surface area (Å²) in [5.74, 6) is -4.91. The summed E-state index contributed by atoms with van der Waals surface area (Å²) in [6.45, 7) is -0.346. The molecule has 1 aromatic carbocycles. The van der Waals surface area contributed by atoms with Crippen molar-refractivity contribution in [2.24, 2.45) is 17.8 Å². The summed E-state index contributed by atoms with van der Waals surface area (Å²) < 4.78 is 5.95. The summed E-state index contributed by atoms with van der Waals surface area (Å²) in [7, 11) is 0. The third-order valence-electron chi connectivity index (χ3n) is 7.81. The predicted molar refractivity (Wildman–Crippen MR) is 135 cm³/mol. The number of imide groups is 1. The molecule has 1 saturated heterocycles. The summed E-state index contributed by atoms with van der Waals surface area (Å²) in [4.78, 5) is 66.2. The quantitative estimate of drug-likeness (QED) is 0.319. The number of aromatic carboxylic acids is 1. The SMILES string of the molecule is O=C1C=C(Br)C(=O)C2=C1[C@@H](c1ccc(CO)o1)C1=CC[C@@H]3C(=O)N(c4cccc(C(=O)O)c4)C(=O)[C@@H]3[C@@H]1C2. The molecule has 2 aromatic rings. The molecule has 1 aliphatic heterocycles. The fourth-order valence-corrected chi connectivity index (χ4v) is 6.65. The number of fused-ring (bicyclic) bond motifs is 3. The van der Waals surface area contributed by atoms with Gasteiger partial charge in [-0.2, -0.15) is 0 Å². The van der Waals surface area contributed by atoms with Gasteiger partial charge in [0, 0.05) is 17.2 Å². The van der Waals surface area contributed by atoms with Crippen LogP contribution in [0, 0.1) is 17.8 Å². The molecule has 1 aromatic heterocycles. The first-order chi connectivity index (χ1) is 18.2. The summed E-state index contributed by atoms with van der Waals surface area (Å²) >= 11 is 3.18. The van der Waals surface area contributed by atoms with E-state index in [2.05, 4.69) is 15.9 Å². The second-order valence-electron chi connectivity index (χ2n) is 9.72. The maximum atomic E-state index is 13.8. The molecule has 38 heavy (non-hydrogen) atoms. The molecule has 2 amide bonds. The fraction of sp³-hybridized carbons (Fsp3) is 0.250. The number of aliphatic hydroxyl groups excluding tert-OH is 1. The number of carboxylic acids is 1. The number of allylic oxidation sites excluding steroid dienone is 6. The van der Waals surface area contributed by atoms with Crippen molar-refractivity contribution in [3.8, 4) is 0 Å². The number of hydrogen-bond acceptors (Lipinski definition) is 7. The van der Waals surface area contributed by atoms with Crippen molar-refractivity contribution in [1.82, 2.24) is 0 Å². The number of rotatable bonds is 4. The van der Waals surface area contributed by atoms with Crippen LogP contribution in [0.3, 0.4) is 0 Å². The number of hydrogen-bond donors (Lipinski definition) is 2. The average molecular weight is 578 g/mol. The Balaban J connectivity index is 1.46. The Bertz CT molecular complexity index is 1560. The summed E-state index contributed by atoms with van der Waals surface area (Å²) in [5, 5.41) is 18.9. The van der Waals surface area contributed by atoms with E-state index < -0.39 is 41.5 Å². The lowest BCUT2D eigenvalue weighted by Gasteiger charge is -2.41. The van der Waals surface area contributed by atoms with E-state index in [-0.39, 0.29) is 57.9 Å². The largest absolute Gasteiger partial charge is 0.478 e. The van der Waals surface area contributed by atoms with Crippen LogP contribution >= 0.6 is 15.9 Å². The van der Waals surface area contributed by atoms with Crippen LogP contribution in [0.15, 0.2) is 74.2 Å². The van der Waals surface area contributed by atoms with Crippen molar-refractivity contribution < 1.29 is 38.6 Å². The Morgan fingerprint density at radius 1 is 1.08 bits per heavy atom. The lowest BCUT2D eigenvalue weighted by Crippen LogP contribution is -2.39. The van der Waals surface area contributed by atoms with Crippen LogP contribution in [0.2, 0.25) is 0 Å². The molecular weight excluding hydrogens is 558 g/mol. The van der Waals surface area contributed by atoms with Crippen molar-refractivity contribution in [2.45, 2.75) is 25.4 Å². The molecule has 0 bridgehead atoms. The zero-order valence-electron chi connectivity index (χ0n) is 19.7. The van der Waals surface area contributed by atoms with E-state index in [1.807, 2.05) is 6.08 Å². The Hall–Kier alpha value is -3.89. The normalized spacial score (nSPS) is 26.6. The fourth-order valence-electron chi connectivity index (χ4n) is 6.20. The first kappa shape index (κ1) is 24.4. The minimum Gasteiger partial charge on any atom is -0.478 e. The van der Waals surface area contributed by atoms with Crippen LogP contribution in [-0.2, 0) is 25.8 Å². The number of halogens is 1. The number of amides is 2. The van der Waals surface area contributed by atoms with Gasteiger partial charge in [-0.05, 0) is 65.0 Å². The van der Waals surface area contributed by atoms with Gasteiger partial charge >= 0.3 is 5.97 Å². The second-order valence-corrected chi connectivity index (χ2v) is 10.6. The van der Waals surface area contributed by atoms with Crippen molar-refractivity contribution in [2.75, 3.05) is 4.90 Å². The maximum absolute atomic E-state index is 13.8. The third kappa shape index (κ3) is 3.51. The minimum absolute atomic E-state index is 0.0511. The number of carbonyl (C=O) groups is 5. The Morgan fingerprint density at radius 2 is 1.87 bits per heavy atom. The van der Waals surface area contributed by atoms with Gasteiger partial charge in [0.15, 0.2) is 11.6 Å². The van der Waals surface area contributed by atoms with Gasteiger partial charge < -0.3 is 14.6 Å². The highest BCUT2D eigenvalue weighted by atomic mass is 79.9. The van der Waals surface area contributed by atoms with E-state index in [0.717, 1.165) is 10.5 Å². The van der Waals surface area contributed by atoms with Gasteiger partial charge in [0.05, 0.1) is 33.5 Å². The van der Waals surface area contributed by atoms with E-state index >= 15 is 0 Å². The van der Waals surface area contributed by atoms with Crippen LogP contribution in [0.4, 0.5) is 5.69 Å². The number of anilines is 1. The van der Waals surface area contributed by atoms with Crippen molar-refractivity contribution in [3.05, 3.63) is 86.8 Å². The average Bonchev–Trinajstić information content (AvgIpc) is 3.48. The number of nitrogens with zero attached hydrogens (tertiary/aromatic N) is 1. The molecular formula is C28H20BrNO8. The molecule has 192 valence electrons. The van der Waals surface area contributed by atoms with Crippen LogP contribution in [0.25, 0.3) is 0 Å². The molecule has 2 heterocycles. The molecule has 2 N–H and O–H groups in total. The van der Waals surface area contributed by atoms with Crippen LogP contribution in [0.1, 0.15) is 40.6 Å². The first-order valence-corrected chi connectivity index (χ1v) is 12.8. The smallest absolute Gasteiger partial charge is 0.335 e. The number of aliphatic hydroxyl groups is 1. The highest BCUT2D eigenvalue weighted by Gasteiger charge is 2.57. The number of ketones is 2. The summed E-state index contributed by atoms with van der Waals surface area (Å²) in [6.07, 6.45) is 3.43. The van der Waals surface area contributed by atoms with Gasteiger partial charge in [0.2, 0.25) is 11.8 Å². The van der Waals surface area contributed by atoms with Gasteiger partial charge in [-0.25, -0.2) is 4.79 Å². The number of carbonyl (C=O) groups excluding carboxylic acids is 4. The van der Waals surface area contributed by atoms with E-state index in [0.29, 0.717) is 11.5 Å². The number of Topliss-reactive ketones (excluding diaryl/α,β-unsaturated/α-hetero) is 1.